The van der Waals surface area contributed by atoms with E-state index in [2.05, 4.69) is 70.1 Å². The second-order valence-corrected chi connectivity index (χ2v) is 6.70. The highest BCUT2D eigenvalue weighted by Crippen LogP contribution is 2.46. The summed E-state index contributed by atoms with van der Waals surface area (Å²) in [5, 5.41) is 2.88. The number of benzene rings is 2. The molecule has 0 N–H and O–H groups in total. The van der Waals surface area contributed by atoms with Gasteiger partial charge in [-0.15, -0.1) is 0 Å². The molecular formula is C20H16N2. The van der Waals surface area contributed by atoms with Crippen LogP contribution in [0.5, 0.6) is 0 Å². The predicted octanol–water partition coefficient (Wildman–Crippen LogP) is 4.49. The predicted molar refractivity (Wildman–Crippen MR) is 89.4 cm³/mol. The Balaban J connectivity index is 1.52. The Labute approximate surface area is 128 Å². The van der Waals surface area contributed by atoms with Gasteiger partial charge in [-0.2, -0.15) is 0 Å². The molecule has 106 valence electrons. The zero-order chi connectivity index (χ0) is 14.3. The molecule has 0 saturated heterocycles. The van der Waals surface area contributed by atoms with Gasteiger partial charge in [0.2, 0.25) is 0 Å². The molecule has 2 nitrogen and oxygen atoms in total. The number of nitrogens with zero attached hydrogens (tertiary/aromatic N) is 2. The Morgan fingerprint density at radius 3 is 1.59 bits per heavy atom. The minimum Gasteiger partial charge on any atom is -0.342 e. The fourth-order valence-corrected chi connectivity index (χ4v) is 4.72. The van der Waals surface area contributed by atoms with Crippen LogP contribution in [0.2, 0.25) is 0 Å². The van der Waals surface area contributed by atoms with E-state index >= 15 is 0 Å². The summed E-state index contributed by atoms with van der Waals surface area (Å²) in [6.07, 6.45) is 7.11. The van der Waals surface area contributed by atoms with Crippen molar-refractivity contribution in [1.29, 1.82) is 0 Å². The lowest BCUT2D eigenvalue weighted by atomic mass is 9.93. The van der Waals surface area contributed by atoms with Crippen molar-refractivity contribution in [2.75, 3.05) is 0 Å². The summed E-state index contributed by atoms with van der Waals surface area (Å²) in [6.45, 7) is 0. The van der Waals surface area contributed by atoms with Gasteiger partial charge in [0.25, 0.3) is 0 Å². The van der Waals surface area contributed by atoms with E-state index in [0.717, 1.165) is 0 Å². The normalized spacial score (nSPS) is 22.2. The topological polar surface area (TPSA) is 9.86 Å². The van der Waals surface area contributed by atoms with E-state index in [-0.39, 0.29) is 0 Å². The van der Waals surface area contributed by atoms with Gasteiger partial charge in [0, 0.05) is 34.2 Å². The van der Waals surface area contributed by atoms with E-state index in [0.29, 0.717) is 12.1 Å². The Morgan fingerprint density at radius 2 is 1.09 bits per heavy atom. The zero-order valence-electron chi connectivity index (χ0n) is 12.2. The number of aromatic nitrogens is 2. The molecule has 6 rings (SSSR count). The molecule has 0 spiro atoms. The van der Waals surface area contributed by atoms with Crippen LogP contribution in [0.4, 0.5) is 0 Å². The van der Waals surface area contributed by atoms with Gasteiger partial charge in [-0.3, -0.25) is 0 Å². The van der Waals surface area contributed by atoms with Crippen LogP contribution in [0.1, 0.15) is 23.2 Å². The molecule has 4 aromatic rings. The summed E-state index contributed by atoms with van der Waals surface area (Å²) in [5.41, 5.74) is 5.83. The maximum absolute atomic E-state index is 2.52. The Bertz CT molecular complexity index is 964. The summed E-state index contributed by atoms with van der Waals surface area (Å²) in [7, 11) is 0. The largest absolute Gasteiger partial charge is 0.342 e. The van der Waals surface area contributed by atoms with Crippen molar-refractivity contribution >= 4 is 21.8 Å². The van der Waals surface area contributed by atoms with Gasteiger partial charge in [0.05, 0.1) is 12.1 Å². The van der Waals surface area contributed by atoms with Gasteiger partial charge in [-0.1, -0.05) is 36.4 Å². The third-order valence-corrected chi connectivity index (χ3v) is 5.66. The molecule has 0 saturated carbocycles. The lowest BCUT2D eigenvalue weighted by molar-refractivity contribution is 0.362. The van der Waals surface area contributed by atoms with E-state index in [4.69, 9.17) is 0 Å². The second-order valence-electron chi connectivity index (χ2n) is 6.70. The van der Waals surface area contributed by atoms with Gasteiger partial charge in [0.15, 0.2) is 0 Å². The first-order chi connectivity index (χ1) is 10.9. The summed E-state index contributed by atoms with van der Waals surface area (Å²) >= 11 is 0. The zero-order valence-corrected chi connectivity index (χ0v) is 12.2. The van der Waals surface area contributed by atoms with Crippen LogP contribution in [-0.4, -0.2) is 9.13 Å². The number of rotatable bonds is 1. The molecule has 2 aromatic heterocycles. The minimum absolute atomic E-state index is 0.576. The molecule has 2 atom stereocenters. The molecule has 0 aliphatic carbocycles. The van der Waals surface area contributed by atoms with Crippen molar-refractivity contribution in [1.82, 2.24) is 9.13 Å². The van der Waals surface area contributed by atoms with Crippen LogP contribution in [-0.2, 0) is 12.8 Å². The summed E-state index contributed by atoms with van der Waals surface area (Å²) < 4.78 is 5.04. The molecule has 2 aromatic carbocycles. The molecule has 4 bridgehead atoms. The molecule has 0 radical (unpaired) electrons. The molecule has 2 aliphatic rings. The van der Waals surface area contributed by atoms with E-state index in [1.54, 1.807) is 0 Å². The van der Waals surface area contributed by atoms with Crippen LogP contribution in [0.3, 0.4) is 0 Å². The summed E-state index contributed by atoms with van der Waals surface area (Å²) in [4.78, 5) is 0. The van der Waals surface area contributed by atoms with Crippen LogP contribution in [0.15, 0.2) is 60.9 Å². The van der Waals surface area contributed by atoms with Crippen LogP contribution >= 0.6 is 0 Å². The van der Waals surface area contributed by atoms with E-state index in [1.165, 1.54) is 45.8 Å². The maximum atomic E-state index is 2.52. The maximum Gasteiger partial charge on any atom is 0.0588 e. The van der Waals surface area contributed by atoms with Gasteiger partial charge in [-0.25, -0.2) is 0 Å². The Hall–Kier alpha value is -2.48. The first-order valence-corrected chi connectivity index (χ1v) is 8.07. The highest BCUT2D eigenvalue weighted by molar-refractivity contribution is 5.87. The van der Waals surface area contributed by atoms with E-state index in [9.17, 15) is 0 Å². The monoisotopic (exact) mass is 284 g/mol. The first kappa shape index (κ1) is 11.1. The number of hydrogen-bond donors (Lipinski definition) is 0. The van der Waals surface area contributed by atoms with Gasteiger partial charge < -0.3 is 9.13 Å². The SMILES string of the molecule is c1ccc2c(c1)c1cn2[C@@H]([C@@H]2Cc3cn2c2ccccc32)C1. The molecule has 2 aliphatic heterocycles. The highest BCUT2D eigenvalue weighted by atomic mass is 15.1. The molecular weight excluding hydrogens is 268 g/mol. The average molecular weight is 284 g/mol. The van der Waals surface area contributed by atoms with Crippen LogP contribution < -0.4 is 0 Å². The van der Waals surface area contributed by atoms with Crippen LogP contribution in [0, 0.1) is 0 Å². The molecule has 4 heterocycles. The fraction of sp³-hybridized carbons (Fsp3) is 0.200. The van der Waals surface area contributed by atoms with E-state index < -0.39 is 0 Å². The van der Waals surface area contributed by atoms with Crippen molar-refractivity contribution in [3.8, 4) is 0 Å². The van der Waals surface area contributed by atoms with Crippen molar-refractivity contribution in [2.24, 2.45) is 0 Å². The van der Waals surface area contributed by atoms with Gasteiger partial charge in [0.1, 0.15) is 0 Å². The smallest absolute Gasteiger partial charge is 0.0588 e. The van der Waals surface area contributed by atoms with Crippen molar-refractivity contribution in [2.45, 2.75) is 24.9 Å². The molecule has 0 unspecified atom stereocenters. The molecule has 2 heteroatoms. The van der Waals surface area contributed by atoms with Gasteiger partial charge in [-0.05, 0) is 36.1 Å². The van der Waals surface area contributed by atoms with Crippen molar-refractivity contribution < 1.29 is 0 Å². The third kappa shape index (κ3) is 1.19. The molecule has 22 heavy (non-hydrogen) atoms. The Morgan fingerprint density at radius 1 is 0.636 bits per heavy atom. The molecule has 0 fully saturated rings. The highest BCUT2D eigenvalue weighted by Gasteiger charge is 2.36. The minimum atomic E-state index is 0.576. The van der Waals surface area contributed by atoms with E-state index in [1.807, 2.05) is 0 Å². The summed E-state index contributed by atoms with van der Waals surface area (Å²) in [6, 6.07) is 18.8. The standard InChI is InChI=1S/C20H16N2/c1-3-7-17-15(5-1)13-9-19(21(17)11-13)20-10-14-12-22(20)18-8-4-2-6-16(14)18/h1-8,11-12,19-20H,9-10H2/t19-,20+. The number of hydrogen-bond acceptors (Lipinski definition) is 0. The lowest BCUT2D eigenvalue weighted by Gasteiger charge is -2.29. The van der Waals surface area contributed by atoms with Crippen LogP contribution in [0.25, 0.3) is 21.8 Å². The quantitative estimate of drug-likeness (QED) is 0.487. The van der Waals surface area contributed by atoms with Gasteiger partial charge >= 0.3 is 0 Å². The third-order valence-electron chi connectivity index (χ3n) is 5.66. The fourth-order valence-electron chi connectivity index (χ4n) is 4.72. The second kappa shape index (κ2) is 3.64. The number of fused-ring (bicyclic) bond motifs is 10. The lowest BCUT2D eigenvalue weighted by Crippen LogP contribution is -2.22. The average Bonchev–Trinajstić information content (AvgIpc) is 3.33. The van der Waals surface area contributed by atoms with Crippen molar-refractivity contribution in [3.63, 3.8) is 0 Å². The van der Waals surface area contributed by atoms with Crippen molar-refractivity contribution in [3.05, 3.63) is 72.1 Å². The number of para-hydroxylation sites is 2. The first-order valence-electron chi connectivity index (χ1n) is 8.07. The molecule has 0 amide bonds. The Kier molecular flexibility index (Phi) is 1.84. The summed E-state index contributed by atoms with van der Waals surface area (Å²) in [5.74, 6) is 0.